The molecule has 6 N–H and O–H groups in total. The number of amides is 2. The Balaban J connectivity index is 4.25. The van der Waals surface area contributed by atoms with E-state index in [1.54, 1.807) is 0 Å². The molecule has 1 atom stereocenters. The van der Waals surface area contributed by atoms with Crippen LogP contribution in [0, 0.1) is 0 Å². The van der Waals surface area contributed by atoms with E-state index < -0.39 is 17.4 Å². The van der Waals surface area contributed by atoms with Crippen molar-refractivity contribution in [2.75, 3.05) is 0 Å². The van der Waals surface area contributed by atoms with Gasteiger partial charge in [-0.3, -0.25) is 9.59 Å². The third-order valence-corrected chi connectivity index (χ3v) is 1.61. The molecule has 0 aromatic rings. The Hall–Kier alpha value is -1.36. The molecular formula is C7H13N3O2. The van der Waals surface area contributed by atoms with E-state index in [1.165, 1.54) is 6.08 Å². The number of primary amides is 2. The molecule has 0 fully saturated rings. The largest absolute Gasteiger partial charge is 0.370 e. The number of hydrogen-bond donors (Lipinski definition) is 3. The lowest BCUT2D eigenvalue weighted by molar-refractivity contribution is -0.122. The Labute approximate surface area is 70.6 Å². The molecule has 0 bridgehead atoms. The van der Waals surface area contributed by atoms with Crippen LogP contribution in [-0.4, -0.2) is 17.4 Å². The lowest BCUT2D eigenvalue weighted by Gasteiger charge is -2.20. The Kier molecular flexibility index (Phi) is 3.43. The molecule has 5 heteroatoms. The number of carbonyl (C=O) groups is 2. The lowest BCUT2D eigenvalue weighted by atomic mass is 9.94. The summed E-state index contributed by atoms with van der Waals surface area (Å²) in [5.41, 5.74) is 14.0. The van der Waals surface area contributed by atoms with Crippen molar-refractivity contribution in [1.29, 1.82) is 0 Å². The van der Waals surface area contributed by atoms with Crippen molar-refractivity contribution in [3.63, 3.8) is 0 Å². The number of rotatable bonds is 5. The van der Waals surface area contributed by atoms with Crippen LogP contribution in [0.1, 0.15) is 12.8 Å². The van der Waals surface area contributed by atoms with Gasteiger partial charge in [-0.25, -0.2) is 0 Å². The van der Waals surface area contributed by atoms with Crippen molar-refractivity contribution in [2.24, 2.45) is 17.2 Å². The van der Waals surface area contributed by atoms with Crippen molar-refractivity contribution in [1.82, 2.24) is 0 Å². The molecule has 0 heterocycles. The van der Waals surface area contributed by atoms with Gasteiger partial charge < -0.3 is 17.2 Å². The molecule has 0 aromatic carbocycles. The minimum atomic E-state index is -1.32. The van der Waals surface area contributed by atoms with Gasteiger partial charge in [-0.05, 0) is 6.42 Å². The summed E-state index contributed by atoms with van der Waals surface area (Å²) in [5.74, 6) is -1.23. The molecule has 0 aliphatic carbocycles. The predicted molar refractivity (Wildman–Crippen MR) is 44.7 cm³/mol. The fourth-order valence-corrected chi connectivity index (χ4v) is 0.656. The molecule has 12 heavy (non-hydrogen) atoms. The van der Waals surface area contributed by atoms with E-state index >= 15 is 0 Å². The van der Waals surface area contributed by atoms with E-state index in [0.29, 0.717) is 0 Å². The highest BCUT2D eigenvalue weighted by Crippen LogP contribution is 2.09. The SMILES string of the molecule is C=CC(N)(CCC(N)=O)C(N)=O. The van der Waals surface area contributed by atoms with Gasteiger partial charge in [0.2, 0.25) is 11.8 Å². The maximum atomic E-state index is 10.7. The van der Waals surface area contributed by atoms with Crippen molar-refractivity contribution >= 4 is 11.8 Å². The van der Waals surface area contributed by atoms with Crippen LogP contribution in [0.15, 0.2) is 12.7 Å². The molecule has 0 aliphatic heterocycles. The van der Waals surface area contributed by atoms with Crippen LogP contribution in [0.2, 0.25) is 0 Å². The van der Waals surface area contributed by atoms with Crippen LogP contribution in [0.25, 0.3) is 0 Å². The molecule has 0 saturated carbocycles. The first-order valence-corrected chi connectivity index (χ1v) is 3.43. The van der Waals surface area contributed by atoms with Crippen LogP contribution in [-0.2, 0) is 9.59 Å². The molecule has 0 aliphatic rings. The Morgan fingerprint density at radius 2 is 1.92 bits per heavy atom. The zero-order chi connectivity index (χ0) is 9.78. The molecule has 2 amide bonds. The summed E-state index contributed by atoms with van der Waals surface area (Å²) in [6.07, 6.45) is 1.34. The fraction of sp³-hybridized carbons (Fsp3) is 0.429. The smallest absolute Gasteiger partial charge is 0.241 e. The van der Waals surface area contributed by atoms with Crippen LogP contribution in [0.4, 0.5) is 0 Å². The third-order valence-electron chi connectivity index (χ3n) is 1.61. The van der Waals surface area contributed by atoms with Gasteiger partial charge in [0, 0.05) is 6.42 Å². The Morgan fingerprint density at radius 3 is 2.17 bits per heavy atom. The fourth-order valence-electron chi connectivity index (χ4n) is 0.656. The standard InChI is InChI=1S/C7H13N3O2/c1-2-7(10,6(9)12)4-3-5(8)11/h2H,1,3-4,10H2,(H2,8,11)(H2,9,12). The van der Waals surface area contributed by atoms with E-state index in [4.69, 9.17) is 17.2 Å². The second kappa shape index (κ2) is 3.87. The normalized spacial score (nSPS) is 14.8. The summed E-state index contributed by atoms with van der Waals surface area (Å²) < 4.78 is 0. The number of nitrogens with two attached hydrogens (primary N) is 3. The van der Waals surface area contributed by atoms with Crippen LogP contribution < -0.4 is 17.2 Å². The maximum Gasteiger partial charge on any atom is 0.241 e. The van der Waals surface area contributed by atoms with Gasteiger partial charge in [-0.15, -0.1) is 6.58 Å². The third kappa shape index (κ3) is 2.71. The molecule has 5 nitrogen and oxygen atoms in total. The number of carbonyl (C=O) groups excluding carboxylic acids is 2. The molecule has 68 valence electrons. The van der Waals surface area contributed by atoms with E-state index in [9.17, 15) is 9.59 Å². The number of hydrogen-bond acceptors (Lipinski definition) is 3. The van der Waals surface area contributed by atoms with E-state index in [2.05, 4.69) is 6.58 Å². The first kappa shape index (κ1) is 10.6. The van der Waals surface area contributed by atoms with Gasteiger partial charge in [-0.2, -0.15) is 0 Å². The minimum Gasteiger partial charge on any atom is -0.370 e. The minimum absolute atomic E-state index is 0.0193. The predicted octanol–water partition coefficient (Wildman–Crippen LogP) is -1.38. The first-order chi connectivity index (χ1) is 5.42. The van der Waals surface area contributed by atoms with Gasteiger partial charge in [0.05, 0.1) is 0 Å². The topological polar surface area (TPSA) is 112 Å². The maximum absolute atomic E-state index is 10.7. The quantitative estimate of drug-likeness (QED) is 0.443. The molecule has 0 aromatic heterocycles. The van der Waals surface area contributed by atoms with Crippen molar-refractivity contribution in [2.45, 2.75) is 18.4 Å². The summed E-state index contributed by atoms with van der Waals surface area (Å²) >= 11 is 0. The average molecular weight is 171 g/mol. The van der Waals surface area contributed by atoms with Gasteiger partial charge >= 0.3 is 0 Å². The van der Waals surface area contributed by atoms with E-state index in [0.717, 1.165) is 0 Å². The van der Waals surface area contributed by atoms with E-state index in [1.807, 2.05) is 0 Å². The highest BCUT2D eigenvalue weighted by molar-refractivity contribution is 5.87. The summed E-state index contributed by atoms with van der Waals surface area (Å²) in [6, 6.07) is 0. The second-order valence-corrected chi connectivity index (χ2v) is 2.58. The molecule has 0 rings (SSSR count). The molecule has 0 spiro atoms. The zero-order valence-corrected chi connectivity index (χ0v) is 6.75. The Bertz CT molecular complexity index is 215. The Morgan fingerprint density at radius 1 is 1.42 bits per heavy atom. The second-order valence-electron chi connectivity index (χ2n) is 2.58. The van der Waals surface area contributed by atoms with Crippen molar-refractivity contribution in [3.05, 3.63) is 12.7 Å². The molecule has 1 unspecified atom stereocenters. The molecular weight excluding hydrogens is 158 g/mol. The summed E-state index contributed by atoms with van der Waals surface area (Å²) in [5, 5.41) is 0. The average Bonchev–Trinajstić information content (AvgIpc) is 1.99. The molecule has 0 saturated heterocycles. The van der Waals surface area contributed by atoms with Gasteiger partial charge in [-0.1, -0.05) is 6.08 Å². The van der Waals surface area contributed by atoms with Crippen molar-refractivity contribution in [3.8, 4) is 0 Å². The van der Waals surface area contributed by atoms with Crippen molar-refractivity contribution < 1.29 is 9.59 Å². The molecule has 0 radical (unpaired) electrons. The summed E-state index contributed by atoms with van der Waals surface area (Å²) in [4.78, 5) is 21.1. The monoisotopic (exact) mass is 171 g/mol. The van der Waals surface area contributed by atoms with Gasteiger partial charge in [0.15, 0.2) is 0 Å². The van der Waals surface area contributed by atoms with Gasteiger partial charge in [0.1, 0.15) is 5.54 Å². The highest BCUT2D eigenvalue weighted by Gasteiger charge is 2.27. The summed E-state index contributed by atoms with van der Waals surface area (Å²) in [7, 11) is 0. The zero-order valence-electron chi connectivity index (χ0n) is 6.75. The first-order valence-electron chi connectivity index (χ1n) is 3.43. The van der Waals surface area contributed by atoms with Crippen LogP contribution in [0.5, 0.6) is 0 Å². The van der Waals surface area contributed by atoms with Gasteiger partial charge in [0.25, 0.3) is 0 Å². The highest BCUT2D eigenvalue weighted by atomic mass is 16.2. The van der Waals surface area contributed by atoms with Crippen LogP contribution in [0.3, 0.4) is 0 Å². The summed E-state index contributed by atoms with van der Waals surface area (Å²) in [6.45, 7) is 3.35. The lowest BCUT2D eigenvalue weighted by Crippen LogP contribution is -2.50. The van der Waals surface area contributed by atoms with E-state index in [-0.39, 0.29) is 12.8 Å². The van der Waals surface area contributed by atoms with Crippen LogP contribution >= 0.6 is 0 Å².